The minimum Gasteiger partial charge on any atom is -0.490 e. The molecule has 0 radical (unpaired) electrons. The van der Waals surface area contributed by atoms with Crippen LogP contribution in [-0.2, 0) is 6.61 Å². The van der Waals surface area contributed by atoms with Gasteiger partial charge in [0.15, 0.2) is 5.65 Å². The summed E-state index contributed by atoms with van der Waals surface area (Å²) in [5.74, 6) is 2.18. The smallest absolute Gasteiger partial charge is 0.157 e. The topological polar surface area (TPSA) is 60.0 Å². The Morgan fingerprint density at radius 1 is 1.07 bits per heavy atom. The standard InChI is InChI=1S/C22H20BrN3O2/c1-14(2)28-20-11-17(27-13-15-6-4-3-5-7-15)8-9-18(20)21-25-19-10-16(23)12-24-22(19)26-21/h3-12,14H,13H2,1-2H3,(H,24,25,26). The number of pyridine rings is 1. The number of nitrogens with zero attached hydrogens (tertiary/aromatic N) is 2. The number of hydrogen-bond acceptors (Lipinski definition) is 4. The summed E-state index contributed by atoms with van der Waals surface area (Å²) in [6.45, 7) is 4.50. The third kappa shape index (κ3) is 4.17. The van der Waals surface area contributed by atoms with E-state index in [9.17, 15) is 0 Å². The Morgan fingerprint density at radius 3 is 2.68 bits per heavy atom. The molecule has 0 aliphatic rings. The number of nitrogens with one attached hydrogen (secondary N) is 1. The first-order chi connectivity index (χ1) is 13.6. The van der Waals surface area contributed by atoms with E-state index in [1.54, 1.807) is 6.20 Å². The van der Waals surface area contributed by atoms with Crippen LogP contribution in [0.25, 0.3) is 22.6 Å². The number of fused-ring (bicyclic) bond motifs is 1. The first-order valence-electron chi connectivity index (χ1n) is 9.07. The fraction of sp³-hybridized carbons (Fsp3) is 0.182. The molecule has 0 aliphatic heterocycles. The zero-order chi connectivity index (χ0) is 19.5. The first-order valence-corrected chi connectivity index (χ1v) is 9.87. The lowest BCUT2D eigenvalue weighted by molar-refractivity contribution is 0.240. The van der Waals surface area contributed by atoms with Gasteiger partial charge in [-0.1, -0.05) is 30.3 Å². The number of rotatable bonds is 6. The number of benzene rings is 2. The van der Waals surface area contributed by atoms with Gasteiger partial charge < -0.3 is 14.5 Å². The number of imidazole rings is 1. The number of H-pyrrole nitrogens is 1. The summed E-state index contributed by atoms with van der Waals surface area (Å²) in [6, 6.07) is 17.8. The summed E-state index contributed by atoms with van der Waals surface area (Å²) in [7, 11) is 0. The Labute approximate surface area is 171 Å². The number of hydrogen-bond donors (Lipinski definition) is 1. The number of aromatic amines is 1. The molecule has 0 aliphatic carbocycles. The third-order valence-corrected chi connectivity index (χ3v) is 4.56. The van der Waals surface area contributed by atoms with Gasteiger partial charge in [-0.3, -0.25) is 0 Å². The summed E-state index contributed by atoms with van der Waals surface area (Å²) in [5, 5.41) is 0. The maximum Gasteiger partial charge on any atom is 0.157 e. The van der Waals surface area contributed by atoms with Crippen LogP contribution in [-0.4, -0.2) is 21.1 Å². The Balaban J connectivity index is 1.65. The zero-order valence-corrected chi connectivity index (χ0v) is 17.2. The van der Waals surface area contributed by atoms with Gasteiger partial charge in [0.25, 0.3) is 0 Å². The molecular weight excluding hydrogens is 418 g/mol. The quantitative estimate of drug-likeness (QED) is 0.416. The second-order valence-corrected chi connectivity index (χ2v) is 7.62. The molecule has 0 saturated heterocycles. The molecule has 0 saturated carbocycles. The average Bonchev–Trinajstić information content (AvgIpc) is 3.09. The van der Waals surface area contributed by atoms with Gasteiger partial charge in [-0.25, -0.2) is 9.97 Å². The zero-order valence-electron chi connectivity index (χ0n) is 15.6. The van der Waals surface area contributed by atoms with Crippen molar-refractivity contribution in [3.8, 4) is 22.9 Å². The minimum absolute atomic E-state index is 0.0276. The fourth-order valence-electron chi connectivity index (χ4n) is 2.88. The monoisotopic (exact) mass is 437 g/mol. The van der Waals surface area contributed by atoms with Crippen LogP contribution in [0.2, 0.25) is 0 Å². The van der Waals surface area contributed by atoms with Crippen molar-refractivity contribution in [2.24, 2.45) is 0 Å². The van der Waals surface area contributed by atoms with Crippen molar-refractivity contribution in [2.45, 2.75) is 26.6 Å². The minimum atomic E-state index is 0.0276. The van der Waals surface area contributed by atoms with Crippen LogP contribution in [0.3, 0.4) is 0 Å². The molecule has 0 atom stereocenters. The van der Waals surface area contributed by atoms with Gasteiger partial charge in [-0.15, -0.1) is 0 Å². The molecule has 4 rings (SSSR count). The van der Waals surface area contributed by atoms with E-state index in [4.69, 9.17) is 9.47 Å². The number of ether oxygens (including phenoxy) is 2. The summed E-state index contributed by atoms with van der Waals surface area (Å²) in [4.78, 5) is 12.3. The van der Waals surface area contributed by atoms with Crippen LogP contribution in [0, 0.1) is 0 Å². The number of halogens is 1. The molecule has 142 valence electrons. The van der Waals surface area contributed by atoms with Crippen molar-refractivity contribution < 1.29 is 9.47 Å². The van der Waals surface area contributed by atoms with E-state index in [0.29, 0.717) is 12.4 Å². The van der Waals surface area contributed by atoms with Crippen LogP contribution in [0.5, 0.6) is 11.5 Å². The molecule has 0 spiro atoms. The molecule has 1 N–H and O–H groups in total. The van der Waals surface area contributed by atoms with Crippen molar-refractivity contribution >= 4 is 27.1 Å². The lowest BCUT2D eigenvalue weighted by Crippen LogP contribution is -2.07. The van der Waals surface area contributed by atoms with E-state index in [-0.39, 0.29) is 6.10 Å². The van der Waals surface area contributed by atoms with Crippen LogP contribution >= 0.6 is 15.9 Å². The van der Waals surface area contributed by atoms with Crippen LogP contribution in [0.4, 0.5) is 0 Å². The molecule has 2 heterocycles. The normalized spacial score (nSPS) is 11.1. The van der Waals surface area contributed by atoms with E-state index in [1.165, 1.54) is 0 Å². The largest absolute Gasteiger partial charge is 0.490 e. The van der Waals surface area contributed by atoms with Gasteiger partial charge in [0.1, 0.15) is 29.4 Å². The molecule has 2 aromatic heterocycles. The van der Waals surface area contributed by atoms with Crippen molar-refractivity contribution in [1.29, 1.82) is 0 Å². The predicted octanol–water partition coefficient (Wildman–Crippen LogP) is 5.75. The van der Waals surface area contributed by atoms with Crippen molar-refractivity contribution in [3.63, 3.8) is 0 Å². The van der Waals surface area contributed by atoms with E-state index < -0.39 is 0 Å². The van der Waals surface area contributed by atoms with Crippen LogP contribution < -0.4 is 9.47 Å². The molecule has 0 unspecified atom stereocenters. The summed E-state index contributed by atoms with van der Waals surface area (Å²) < 4.78 is 12.9. The van der Waals surface area contributed by atoms with Gasteiger partial charge in [0, 0.05) is 16.7 Å². The molecule has 2 aromatic carbocycles. The van der Waals surface area contributed by atoms with Crippen LogP contribution in [0.1, 0.15) is 19.4 Å². The lowest BCUT2D eigenvalue weighted by atomic mass is 10.1. The maximum absolute atomic E-state index is 6.04. The highest BCUT2D eigenvalue weighted by atomic mass is 79.9. The van der Waals surface area contributed by atoms with Crippen LogP contribution in [0.15, 0.2) is 65.3 Å². The molecule has 5 nitrogen and oxygen atoms in total. The molecule has 28 heavy (non-hydrogen) atoms. The third-order valence-electron chi connectivity index (χ3n) is 4.12. The molecule has 4 aromatic rings. The van der Waals surface area contributed by atoms with E-state index in [1.807, 2.05) is 68.4 Å². The molecule has 0 amide bonds. The Morgan fingerprint density at radius 2 is 1.89 bits per heavy atom. The van der Waals surface area contributed by atoms with E-state index >= 15 is 0 Å². The Hall–Kier alpha value is -2.86. The Bertz CT molecular complexity index is 1090. The first kappa shape index (κ1) is 18.5. The molecule has 6 heteroatoms. The predicted molar refractivity (Wildman–Crippen MR) is 114 cm³/mol. The van der Waals surface area contributed by atoms with Gasteiger partial charge in [0.05, 0.1) is 11.7 Å². The van der Waals surface area contributed by atoms with E-state index in [0.717, 1.165) is 38.3 Å². The molecule has 0 bridgehead atoms. The Kier molecular flexibility index (Phi) is 5.30. The SMILES string of the molecule is CC(C)Oc1cc(OCc2ccccc2)ccc1-c1nc2cc(Br)cnc2[nH]1. The van der Waals surface area contributed by atoms with E-state index in [2.05, 4.69) is 30.9 Å². The summed E-state index contributed by atoms with van der Waals surface area (Å²) in [6.07, 6.45) is 1.77. The van der Waals surface area contributed by atoms with Gasteiger partial charge in [-0.05, 0) is 53.5 Å². The highest BCUT2D eigenvalue weighted by Gasteiger charge is 2.14. The van der Waals surface area contributed by atoms with Crippen molar-refractivity contribution in [3.05, 3.63) is 70.8 Å². The average molecular weight is 438 g/mol. The second kappa shape index (κ2) is 8.02. The van der Waals surface area contributed by atoms with Gasteiger partial charge in [-0.2, -0.15) is 0 Å². The lowest BCUT2D eigenvalue weighted by Gasteiger charge is -2.15. The van der Waals surface area contributed by atoms with Gasteiger partial charge >= 0.3 is 0 Å². The highest BCUT2D eigenvalue weighted by molar-refractivity contribution is 9.10. The summed E-state index contributed by atoms with van der Waals surface area (Å²) in [5.41, 5.74) is 3.52. The molecular formula is C22H20BrN3O2. The van der Waals surface area contributed by atoms with Gasteiger partial charge in [0.2, 0.25) is 0 Å². The second-order valence-electron chi connectivity index (χ2n) is 6.71. The molecule has 0 fully saturated rings. The maximum atomic E-state index is 6.04. The summed E-state index contributed by atoms with van der Waals surface area (Å²) >= 11 is 3.43. The van der Waals surface area contributed by atoms with Crippen molar-refractivity contribution in [2.75, 3.05) is 0 Å². The fourth-order valence-corrected chi connectivity index (χ4v) is 3.20. The number of aromatic nitrogens is 3. The highest BCUT2D eigenvalue weighted by Crippen LogP contribution is 2.34. The van der Waals surface area contributed by atoms with Crippen molar-refractivity contribution in [1.82, 2.24) is 15.0 Å².